The summed E-state index contributed by atoms with van der Waals surface area (Å²) < 4.78 is 0. The molecule has 2 fully saturated rings. The molecule has 0 aromatic carbocycles. The molecule has 0 aromatic heterocycles. The van der Waals surface area contributed by atoms with Gasteiger partial charge in [0.1, 0.15) is 0 Å². The van der Waals surface area contributed by atoms with Gasteiger partial charge in [0.2, 0.25) is 0 Å². The minimum absolute atomic E-state index is 0.126. The molecular weight excluding hydrogens is 180 g/mol. The van der Waals surface area contributed by atoms with Gasteiger partial charge in [-0.1, -0.05) is 0 Å². The molecule has 1 atom stereocenters. The van der Waals surface area contributed by atoms with Gasteiger partial charge in [0.15, 0.2) is 0 Å². The predicted octanol–water partition coefficient (Wildman–Crippen LogP) is 0.659. The average Bonchev–Trinajstić information content (AvgIpc) is 2.69. The van der Waals surface area contributed by atoms with Gasteiger partial charge in [-0.05, 0) is 25.7 Å². The van der Waals surface area contributed by atoms with Crippen molar-refractivity contribution in [3.63, 3.8) is 0 Å². The van der Waals surface area contributed by atoms with E-state index in [-0.39, 0.29) is 12.1 Å². The summed E-state index contributed by atoms with van der Waals surface area (Å²) in [4.78, 5) is 15.6. The molecule has 2 saturated heterocycles. The van der Waals surface area contributed by atoms with Crippen LogP contribution in [-0.2, 0) is 0 Å². The quantitative estimate of drug-likeness (QED) is 0.621. The molecule has 2 heterocycles. The fourth-order valence-corrected chi connectivity index (χ4v) is 2.24. The van der Waals surface area contributed by atoms with E-state index in [1.165, 1.54) is 0 Å². The van der Waals surface area contributed by atoms with Gasteiger partial charge in [0.05, 0.1) is 6.10 Å². The molecule has 0 radical (unpaired) electrons. The third-order valence-electron chi connectivity index (χ3n) is 3.04. The van der Waals surface area contributed by atoms with Gasteiger partial charge in [0.25, 0.3) is 0 Å². The van der Waals surface area contributed by atoms with Crippen molar-refractivity contribution >= 4 is 6.03 Å². The second-order valence-electron chi connectivity index (χ2n) is 4.22. The number of carbonyl (C=O) groups is 1. The monoisotopic (exact) mass is 198 g/mol. The normalized spacial score (nSPS) is 28.2. The first-order valence-electron chi connectivity index (χ1n) is 5.49. The van der Waals surface area contributed by atoms with Crippen LogP contribution in [0.15, 0.2) is 0 Å². The molecular formula is C10H18N2O2. The van der Waals surface area contributed by atoms with E-state index in [9.17, 15) is 9.90 Å². The van der Waals surface area contributed by atoms with Crippen LogP contribution < -0.4 is 0 Å². The van der Waals surface area contributed by atoms with Gasteiger partial charge in [-0.2, -0.15) is 0 Å². The molecule has 0 bridgehead atoms. The molecule has 2 amide bonds. The zero-order valence-corrected chi connectivity index (χ0v) is 8.48. The first-order chi connectivity index (χ1) is 6.77. The highest BCUT2D eigenvalue weighted by atomic mass is 16.3. The summed E-state index contributed by atoms with van der Waals surface area (Å²) in [6.07, 6.45) is 3.71. The second kappa shape index (κ2) is 4.17. The SMILES string of the molecule is O=C(N1CCCC1)N1CCCC(O)C1. The number of aliphatic hydroxyl groups is 1. The van der Waals surface area contributed by atoms with Crippen molar-refractivity contribution in [3.05, 3.63) is 0 Å². The van der Waals surface area contributed by atoms with Gasteiger partial charge in [-0.25, -0.2) is 4.79 Å². The largest absolute Gasteiger partial charge is 0.391 e. The number of aliphatic hydroxyl groups excluding tert-OH is 1. The Morgan fingerprint density at radius 1 is 1.07 bits per heavy atom. The van der Waals surface area contributed by atoms with Crippen molar-refractivity contribution in [1.29, 1.82) is 0 Å². The van der Waals surface area contributed by atoms with E-state index in [4.69, 9.17) is 0 Å². The molecule has 1 N–H and O–H groups in total. The third kappa shape index (κ3) is 2.00. The molecule has 0 aliphatic carbocycles. The van der Waals surface area contributed by atoms with Crippen LogP contribution in [-0.4, -0.2) is 53.2 Å². The minimum Gasteiger partial charge on any atom is -0.391 e. The Hall–Kier alpha value is -0.770. The Labute approximate surface area is 84.5 Å². The Morgan fingerprint density at radius 2 is 1.71 bits per heavy atom. The molecule has 0 saturated carbocycles. The average molecular weight is 198 g/mol. The van der Waals surface area contributed by atoms with Crippen molar-refractivity contribution in [2.45, 2.75) is 31.8 Å². The smallest absolute Gasteiger partial charge is 0.320 e. The topological polar surface area (TPSA) is 43.8 Å². The van der Waals surface area contributed by atoms with Crippen molar-refractivity contribution in [3.8, 4) is 0 Å². The number of likely N-dealkylation sites (tertiary alicyclic amines) is 2. The van der Waals surface area contributed by atoms with Crippen LogP contribution in [0.3, 0.4) is 0 Å². The van der Waals surface area contributed by atoms with Crippen LogP contribution in [0.2, 0.25) is 0 Å². The highest BCUT2D eigenvalue weighted by Crippen LogP contribution is 2.15. The third-order valence-corrected chi connectivity index (χ3v) is 3.04. The first-order valence-corrected chi connectivity index (χ1v) is 5.49. The van der Waals surface area contributed by atoms with Gasteiger partial charge < -0.3 is 14.9 Å². The maximum atomic E-state index is 11.9. The Kier molecular flexibility index (Phi) is 2.91. The number of hydrogen-bond donors (Lipinski definition) is 1. The molecule has 80 valence electrons. The molecule has 2 aliphatic rings. The highest BCUT2D eigenvalue weighted by Gasteiger charge is 2.27. The van der Waals surface area contributed by atoms with Crippen molar-refractivity contribution in [2.75, 3.05) is 26.2 Å². The number of piperidine rings is 1. The van der Waals surface area contributed by atoms with Crippen LogP contribution in [0, 0.1) is 0 Å². The molecule has 1 unspecified atom stereocenters. The number of amides is 2. The lowest BCUT2D eigenvalue weighted by molar-refractivity contribution is 0.0736. The fraction of sp³-hybridized carbons (Fsp3) is 0.900. The van der Waals surface area contributed by atoms with Crippen LogP contribution >= 0.6 is 0 Å². The molecule has 2 rings (SSSR count). The molecule has 4 nitrogen and oxygen atoms in total. The summed E-state index contributed by atoms with van der Waals surface area (Å²) >= 11 is 0. The lowest BCUT2D eigenvalue weighted by atomic mass is 10.1. The van der Waals surface area contributed by atoms with Gasteiger partial charge >= 0.3 is 6.03 Å². The Bertz CT molecular complexity index is 214. The van der Waals surface area contributed by atoms with Crippen LogP contribution in [0.25, 0.3) is 0 Å². The van der Waals surface area contributed by atoms with E-state index < -0.39 is 0 Å². The van der Waals surface area contributed by atoms with Crippen LogP contribution in [0.1, 0.15) is 25.7 Å². The molecule has 0 aromatic rings. The summed E-state index contributed by atoms with van der Waals surface area (Å²) in [5.41, 5.74) is 0. The lowest BCUT2D eigenvalue weighted by Gasteiger charge is -2.33. The number of carbonyl (C=O) groups excluding carboxylic acids is 1. The fourth-order valence-electron chi connectivity index (χ4n) is 2.24. The maximum Gasteiger partial charge on any atom is 0.320 e. The van der Waals surface area contributed by atoms with E-state index in [1.807, 2.05) is 4.90 Å². The summed E-state index contributed by atoms with van der Waals surface area (Å²) in [6, 6.07) is 0.126. The van der Waals surface area contributed by atoms with E-state index >= 15 is 0 Å². The molecule has 2 aliphatic heterocycles. The Morgan fingerprint density at radius 3 is 2.36 bits per heavy atom. The second-order valence-corrected chi connectivity index (χ2v) is 4.22. The zero-order valence-electron chi connectivity index (χ0n) is 8.48. The highest BCUT2D eigenvalue weighted by molar-refractivity contribution is 5.74. The van der Waals surface area contributed by atoms with Gasteiger partial charge in [0, 0.05) is 26.2 Å². The van der Waals surface area contributed by atoms with Crippen LogP contribution in [0.5, 0.6) is 0 Å². The first kappa shape index (κ1) is 9.77. The predicted molar refractivity (Wildman–Crippen MR) is 53.0 cm³/mol. The summed E-state index contributed by atoms with van der Waals surface area (Å²) in [7, 11) is 0. The summed E-state index contributed by atoms with van der Waals surface area (Å²) in [5, 5.41) is 9.46. The van der Waals surface area contributed by atoms with Crippen molar-refractivity contribution in [1.82, 2.24) is 9.80 Å². The standard InChI is InChI=1S/C10H18N2O2/c13-9-4-3-7-12(8-9)10(14)11-5-1-2-6-11/h9,13H,1-8H2. The summed E-state index contributed by atoms with van der Waals surface area (Å²) in [6.45, 7) is 3.12. The van der Waals surface area contributed by atoms with Gasteiger partial charge in [-0.15, -0.1) is 0 Å². The van der Waals surface area contributed by atoms with Crippen molar-refractivity contribution in [2.24, 2.45) is 0 Å². The number of hydrogen-bond acceptors (Lipinski definition) is 2. The maximum absolute atomic E-state index is 11.9. The number of rotatable bonds is 0. The van der Waals surface area contributed by atoms with E-state index in [0.717, 1.165) is 45.3 Å². The molecule has 0 spiro atoms. The number of nitrogens with zero attached hydrogens (tertiary/aromatic N) is 2. The van der Waals surface area contributed by atoms with E-state index in [0.29, 0.717) is 6.54 Å². The van der Waals surface area contributed by atoms with Gasteiger partial charge in [-0.3, -0.25) is 0 Å². The van der Waals surface area contributed by atoms with E-state index in [1.54, 1.807) is 4.90 Å². The number of β-amino-alcohol motifs (C(OH)–C–C–N with tert-alkyl or cyclic N) is 1. The van der Waals surface area contributed by atoms with Crippen LogP contribution in [0.4, 0.5) is 4.79 Å². The molecule has 4 heteroatoms. The number of urea groups is 1. The Balaban J connectivity index is 1.89. The minimum atomic E-state index is -0.310. The lowest BCUT2D eigenvalue weighted by Crippen LogP contribution is -2.48. The van der Waals surface area contributed by atoms with E-state index in [2.05, 4.69) is 0 Å². The zero-order chi connectivity index (χ0) is 9.97. The van der Waals surface area contributed by atoms with Crippen molar-refractivity contribution < 1.29 is 9.90 Å². The molecule has 14 heavy (non-hydrogen) atoms. The summed E-state index contributed by atoms with van der Waals surface area (Å²) in [5.74, 6) is 0.